The Hall–Kier alpha value is -2.01. The summed E-state index contributed by atoms with van der Waals surface area (Å²) in [6, 6.07) is 7.37. The highest BCUT2D eigenvalue weighted by molar-refractivity contribution is 6.35. The monoisotopic (exact) mass is 404 g/mol. The smallest absolute Gasteiger partial charge is 0.253 e. The highest BCUT2D eigenvalue weighted by Crippen LogP contribution is 2.36. The molecule has 1 aromatic heterocycles. The van der Waals surface area contributed by atoms with Crippen LogP contribution < -0.4 is 5.32 Å². The molecule has 148 valence electrons. The van der Waals surface area contributed by atoms with Gasteiger partial charge in [-0.2, -0.15) is 0 Å². The number of nitrogens with zero attached hydrogens (tertiary/aromatic N) is 1. The number of fused-ring (bicyclic) bond motifs is 1. The molecule has 0 unspecified atom stereocenters. The van der Waals surface area contributed by atoms with Crippen molar-refractivity contribution in [2.45, 2.75) is 50.9 Å². The number of alkyl halides is 2. The number of rotatable bonds is 4. The number of nitrogens with one attached hydrogen (secondary N) is 1. The zero-order chi connectivity index (χ0) is 19.7. The lowest BCUT2D eigenvalue weighted by molar-refractivity contribution is -0.0452. The van der Waals surface area contributed by atoms with Crippen LogP contribution in [-0.2, 0) is 0 Å². The Kier molecular flexibility index (Phi) is 5.37. The van der Waals surface area contributed by atoms with Crippen molar-refractivity contribution in [3.8, 4) is 0 Å². The Bertz CT molecular complexity index is 932. The molecule has 3 nitrogen and oxygen atoms in total. The van der Waals surface area contributed by atoms with Gasteiger partial charge in [-0.15, -0.1) is 0 Å². The molecule has 0 bridgehead atoms. The number of amides is 1. The van der Waals surface area contributed by atoms with Crippen LogP contribution >= 0.6 is 11.6 Å². The Balaban J connectivity index is 1.52. The van der Waals surface area contributed by atoms with E-state index < -0.39 is 5.92 Å². The number of carbonyl (C=O) groups excluding carboxylic acids is 1. The predicted octanol–water partition coefficient (Wildman–Crippen LogP) is 6.01. The highest BCUT2D eigenvalue weighted by Gasteiger charge is 2.34. The van der Waals surface area contributed by atoms with Crippen LogP contribution in [0.3, 0.4) is 0 Å². The van der Waals surface area contributed by atoms with Crippen molar-refractivity contribution in [2.75, 3.05) is 6.54 Å². The van der Waals surface area contributed by atoms with E-state index in [1.807, 2.05) is 18.2 Å². The van der Waals surface area contributed by atoms with E-state index in [1.54, 1.807) is 6.07 Å². The summed E-state index contributed by atoms with van der Waals surface area (Å²) in [7, 11) is 0. The summed E-state index contributed by atoms with van der Waals surface area (Å²) in [6.45, 7) is 0.389. The molecule has 2 aliphatic carbocycles. The lowest BCUT2D eigenvalue weighted by Gasteiger charge is -2.28. The Morgan fingerprint density at radius 2 is 2.00 bits per heavy atom. The molecule has 28 heavy (non-hydrogen) atoms. The number of carbonyl (C=O) groups is 1. The molecule has 1 saturated carbocycles. The number of halogens is 3. The minimum atomic E-state index is -2.56. The van der Waals surface area contributed by atoms with Crippen LogP contribution in [0, 0.1) is 5.92 Å². The zero-order valence-corrected chi connectivity index (χ0v) is 16.4. The minimum Gasteiger partial charge on any atom is -0.352 e. The SMILES string of the molecule is O=C(NCC1CCC(F)(F)CC1)c1c(Cl)ccc2nc(C3=CCCC3)ccc12. The standard InChI is InChI=1S/C22H23ClF2N2O/c23-17-6-8-19-16(5-7-18(27-19)15-3-1-2-4-15)20(17)21(28)26-13-14-9-11-22(24,25)12-10-14/h3,5-8,14H,1-2,4,9-13H2,(H,26,28). The number of hydrogen-bond acceptors (Lipinski definition) is 2. The first-order chi connectivity index (χ1) is 13.4. The third-order valence-electron chi connectivity index (χ3n) is 5.81. The molecular formula is C22H23ClF2N2O. The molecule has 2 aromatic rings. The van der Waals surface area contributed by atoms with Crippen LogP contribution in [0.4, 0.5) is 8.78 Å². The molecule has 1 amide bonds. The van der Waals surface area contributed by atoms with E-state index in [9.17, 15) is 13.6 Å². The fraction of sp³-hybridized carbons (Fsp3) is 0.455. The molecule has 0 spiro atoms. The first kappa shape index (κ1) is 19.3. The Labute approximate surface area is 168 Å². The Morgan fingerprint density at radius 1 is 1.21 bits per heavy atom. The van der Waals surface area contributed by atoms with E-state index in [1.165, 1.54) is 5.57 Å². The quantitative estimate of drug-likeness (QED) is 0.677. The number of aromatic nitrogens is 1. The van der Waals surface area contributed by atoms with Crippen LogP contribution in [0.25, 0.3) is 16.5 Å². The Morgan fingerprint density at radius 3 is 2.71 bits per heavy atom. The maximum absolute atomic E-state index is 13.3. The molecule has 1 fully saturated rings. The van der Waals surface area contributed by atoms with Gasteiger partial charge in [-0.3, -0.25) is 4.79 Å². The van der Waals surface area contributed by atoms with Gasteiger partial charge in [0, 0.05) is 24.8 Å². The summed E-state index contributed by atoms with van der Waals surface area (Å²) in [5, 5.41) is 3.97. The van der Waals surface area contributed by atoms with Crippen molar-refractivity contribution in [3.63, 3.8) is 0 Å². The molecule has 0 saturated heterocycles. The van der Waals surface area contributed by atoms with Gasteiger partial charge in [-0.05, 0) is 67.9 Å². The molecule has 0 aliphatic heterocycles. The predicted molar refractivity (Wildman–Crippen MR) is 108 cm³/mol. The normalized spacial score (nSPS) is 19.6. The molecular weight excluding hydrogens is 382 g/mol. The van der Waals surface area contributed by atoms with Gasteiger partial charge >= 0.3 is 0 Å². The maximum atomic E-state index is 13.3. The van der Waals surface area contributed by atoms with Crippen LogP contribution in [0.5, 0.6) is 0 Å². The average molecular weight is 405 g/mol. The van der Waals surface area contributed by atoms with E-state index in [0.29, 0.717) is 35.4 Å². The fourth-order valence-corrected chi connectivity index (χ4v) is 4.37. The van der Waals surface area contributed by atoms with Crippen molar-refractivity contribution >= 4 is 34.0 Å². The summed E-state index contributed by atoms with van der Waals surface area (Å²) in [5.41, 5.74) is 3.33. The second-order valence-corrected chi connectivity index (χ2v) is 8.22. The van der Waals surface area contributed by atoms with Crippen molar-refractivity contribution < 1.29 is 13.6 Å². The topological polar surface area (TPSA) is 42.0 Å². The first-order valence-corrected chi connectivity index (χ1v) is 10.3. The molecule has 1 N–H and O–H groups in total. The van der Waals surface area contributed by atoms with Crippen LogP contribution in [-0.4, -0.2) is 23.4 Å². The van der Waals surface area contributed by atoms with Gasteiger partial charge in [-0.25, -0.2) is 13.8 Å². The van der Waals surface area contributed by atoms with Gasteiger partial charge < -0.3 is 5.32 Å². The van der Waals surface area contributed by atoms with Gasteiger partial charge in [0.15, 0.2) is 0 Å². The second-order valence-electron chi connectivity index (χ2n) is 7.82. The van der Waals surface area contributed by atoms with Gasteiger partial charge in [0.05, 0.1) is 21.8 Å². The summed E-state index contributed by atoms with van der Waals surface area (Å²) >= 11 is 6.32. The average Bonchev–Trinajstić information content (AvgIpc) is 3.21. The van der Waals surface area contributed by atoms with E-state index >= 15 is 0 Å². The van der Waals surface area contributed by atoms with E-state index in [2.05, 4.69) is 11.4 Å². The fourth-order valence-electron chi connectivity index (χ4n) is 4.12. The lowest BCUT2D eigenvalue weighted by Crippen LogP contribution is -2.34. The van der Waals surface area contributed by atoms with E-state index in [4.69, 9.17) is 16.6 Å². The minimum absolute atomic E-state index is 0.0800. The molecule has 1 aromatic carbocycles. The van der Waals surface area contributed by atoms with Crippen LogP contribution in [0.1, 0.15) is 61.0 Å². The molecule has 6 heteroatoms. The number of hydrogen-bond donors (Lipinski definition) is 1. The molecule has 4 rings (SSSR count). The zero-order valence-electron chi connectivity index (χ0n) is 15.6. The highest BCUT2D eigenvalue weighted by atomic mass is 35.5. The van der Waals surface area contributed by atoms with Gasteiger partial charge in [0.2, 0.25) is 5.92 Å². The van der Waals surface area contributed by atoms with Crippen molar-refractivity contribution in [1.82, 2.24) is 10.3 Å². The second kappa shape index (κ2) is 7.78. The summed E-state index contributed by atoms with van der Waals surface area (Å²) < 4.78 is 26.6. The molecule has 2 aliphatic rings. The van der Waals surface area contributed by atoms with Crippen LogP contribution in [0.15, 0.2) is 30.3 Å². The third kappa shape index (κ3) is 4.04. The molecule has 1 heterocycles. The maximum Gasteiger partial charge on any atom is 0.253 e. The summed E-state index contributed by atoms with van der Waals surface area (Å²) in [4.78, 5) is 17.5. The largest absolute Gasteiger partial charge is 0.352 e. The summed E-state index contributed by atoms with van der Waals surface area (Å²) in [6.07, 6.45) is 6.11. The van der Waals surface area contributed by atoms with Crippen molar-refractivity contribution in [2.24, 2.45) is 5.92 Å². The summed E-state index contributed by atoms with van der Waals surface area (Å²) in [5.74, 6) is -2.75. The van der Waals surface area contributed by atoms with Crippen LogP contribution in [0.2, 0.25) is 5.02 Å². The number of pyridine rings is 1. The molecule has 0 atom stereocenters. The lowest BCUT2D eigenvalue weighted by atomic mass is 9.87. The van der Waals surface area contributed by atoms with Gasteiger partial charge in [0.1, 0.15) is 0 Å². The van der Waals surface area contributed by atoms with E-state index in [0.717, 1.165) is 30.5 Å². The van der Waals surface area contributed by atoms with Crippen molar-refractivity contribution in [3.05, 3.63) is 46.6 Å². The first-order valence-electron chi connectivity index (χ1n) is 9.88. The van der Waals surface area contributed by atoms with Gasteiger partial charge in [0.25, 0.3) is 5.91 Å². The van der Waals surface area contributed by atoms with Gasteiger partial charge in [-0.1, -0.05) is 17.7 Å². The van der Waals surface area contributed by atoms with Crippen molar-refractivity contribution in [1.29, 1.82) is 0 Å². The van der Waals surface area contributed by atoms with E-state index in [-0.39, 0.29) is 24.7 Å². The number of benzene rings is 1. The number of allylic oxidation sites excluding steroid dienone is 2. The molecule has 0 radical (unpaired) electrons. The third-order valence-corrected chi connectivity index (χ3v) is 6.12.